The average Bonchev–Trinajstić information content (AvgIpc) is 2.51. The molecule has 3 aromatic rings. The van der Waals surface area contributed by atoms with E-state index in [9.17, 15) is 0 Å². The van der Waals surface area contributed by atoms with Crippen molar-refractivity contribution in [1.29, 1.82) is 0 Å². The van der Waals surface area contributed by atoms with Gasteiger partial charge in [0, 0.05) is 34.4 Å². The third-order valence-electron chi connectivity index (χ3n) is 4.04. The molecule has 0 bridgehead atoms. The largest absolute Gasteiger partial charge is 0.261 e. The number of aromatic nitrogens is 2. The minimum absolute atomic E-state index is 1.02. The van der Waals surface area contributed by atoms with Crippen molar-refractivity contribution in [1.82, 2.24) is 9.97 Å². The zero-order chi connectivity index (χ0) is 14.8. The van der Waals surface area contributed by atoms with E-state index in [4.69, 9.17) is 0 Å². The molecule has 0 amide bonds. The summed E-state index contributed by atoms with van der Waals surface area (Å²) in [5.74, 6) is 0. The van der Waals surface area contributed by atoms with Crippen molar-refractivity contribution >= 4 is 10.8 Å². The summed E-state index contributed by atoms with van der Waals surface area (Å²) in [4.78, 5) is 9.11. The first-order valence-electron chi connectivity index (χ1n) is 7.50. The molecule has 0 atom stereocenters. The van der Waals surface area contributed by atoms with Gasteiger partial charge in [-0.3, -0.25) is 9.97 Å². The molecule has 2 nitrogen and oxygen atoms in total. The quantitative estimate of drug-likeness (QED) is 0.682. The highest BCUT2D eigenvalue weighted by Crippen LogP contribution is 2.25. The van der Waals surface area contributed by atoms with Crippen LogP contribution in [0.3, 0.4) is 0 Å². The van der Waals surface area contributed by atoms with Gasteiger partial charge < -0.3 is 0 Å². The summed E-state index contributed by atoms with van der Waals surface area (Å²) >= 11 is 0. The summed E-state index contributed by atoms with van der Waals surface area (Å²) < 4.78 is 0. The lowest BCUT2D eigenvalue weighted by Gasteiger charge is -2.08. The van der Waals surface area contributed by atoms with Gasteiger partial charge in [0.25, 0.3) is 0 Å². The Bertz CT molecular complexity index is 791. The first-order valence-corrected chi connectivity index (χ1v) is 7.50. The van der Waals surface area contributed by atoms with Crippen molar-refractivity contribution in [3.05, 3.63) is 59.5 Å². The third kappa shape index (κ3) is 2.66. The molecule has 106 valence electrons. The molecule has 2 aromatic heterocycles. The molecule has 0 N–H and O–H groups in total. The highest BCUT2D eigenvalue weighted by molar-refractivity contribution is 5.87. The van der Waals surface area contributed by atoms with Crippen LogP contribution in [0.15, 0.2) is 42.7 Å². The number of aryl methyl sites for hydroxylation is 3. The van der Waals surface area contributed by atoms with Gasteiger partial charge in [0.05, 0.1) is 5.69 Å². The summed E-state index contributed by atoms with van der Waals surface area (Å²) in [6, 6.07) is 10.8. The van der Waals surface area contributed by atoms with Gasteiger partial charge in [0.2, 0.25) is 0 Å². The summed E-state index contributed by atoms with van der Waals surface area (Å²) in [6.07, 6.45) is 6.19. The molecule has 0 aliphatic heterocycles. The van der Waals surface area contributed by atoms with Crippen molar-refractivity contribution in [2.45, 2.75) is 33.6 Å². The number of fused-ring (bicyclic) bond motifs is 1. The van der Waals surface area contributed by atoms with Crippen LogP contribution in [0.2, 0.25) is 0 Å². The molecular weight excluding hydrogens is 256 g/mol. The predicted molar refractivity (Wildman–Crippen MR) is 88.4 cm³/mol. The Hall–Kier alpha value is -2.22. The summed E-state index contributed by atoms with van der Waals surface area (Å²) in [5.41, 5.74) is 5.86. The molecule has 0 unspecified atom stereocenters. The molecule has 2 heterocycles. The maximum absolute atomic E-state index is 4.65. The van der Waals surface area contributed by atoms with Crippen LogP contribution in [0, 0.1) is 13.8 Å². The maximum atomic E-state index is 4.65. The summed E-state index contributed by atoms with van der Waals surface area (Å²) in [6.45, 7) is 6.35. The number of rotatable bonds is 3. The normalized spacial score (nSPS) is 11.0. The van der Waals surface area contributed by atoms with Crippen LogP contribution in [-0.2, 0) is 6.42 Å². The molecule has 0 saturated heterocycles. The van der Waals surface area contributed by atoms with Crippen LogP contribution < -0.4 is 0 Å². The number of nitrogens with zero attached hydrogens (tertiary/aromatic N) is 2. The average molecular weight is 276 g/mol. The van der Waals surface area contributed by atoms with E-state index in [1.807, 2.05) is 19.3 Å². The molecule has 0 radical (unpaired) electrons. The summed E-state index contributed by atoms with van der Waals surface area (Å²) in [7, 11) is 0. The van der Waals surface area contributed by atoms with Crippen LogP contribution in [0.5, 0.6) is 0 Å². The molecule has 0 saturated carbocycles. The Morgan fingerprint density at radius 1 is 1.00 bits per heavy atom. The Labute approximate surface area is 125 Å². The fourth-order valence-corrected chi connectivity index (χ4v) is 2.68. The topological polar surface area (TPSA) is 25.8 Å². The molecular formula is C19H20N2. The molecule has 2 heteroatoms. The van der Waals surface area contributed by atoms with Crippen LogP contribution >= 0.6 is 0 Å². The van der Waals surface area contributed by atoms with Gasteiger partial charge >= 0.3 is 0 Å². The van der Waals surface area contributed by atoms with Crippen LogP contribution in [0.25, 0.3) is 22.0 Å². The molecule has 0 spiro atoms. The van der Waals surface area contributed by atoms with Crippen molar-refractivity contribution in [3.8, 4) is 11.3 Å². The van der Waals surface area contributed by atoms with Gasteiger partial charge in [-0.2, -0.15) is 0 Å². The Balaban J connectivity index is 2.09. The van der Waals surface area contributed by atoms with Crippen molar-refractivity contribution < 1.29 is 0 Å². The Kier molecular flexibility index (Phi) is 3.70. The minimum Gasteiger partial charge on any atom is -0.261 e. The van der Waals surface area contributed by atoms with E-state index in [0.29, 0.717) is 0 Å². The Morgan fingerprint density at radius 2 is 1.86 bits per heavy atom. The van der Waals surface area contributed by atoms with E-state index < -0.39 is 0 Å². The maximum Gasteiger partial charge on any atom is 0.0709 e. The number of pyridine rings is 2. The van der Waals surface area contributed by atoms with Gasteiger partial charge in [0.15, 0.2) is 0 Å². The molecule has 21 heavy (non-hydrogen) atoms. The highest BCUT2D eigenvalue weighted by Gasteiger charge is 2.06. The molecule has 0 fully saturated rings. The lowest BCUT2D eigenvalue weighted by molar-refractivity contribution is 0.922. The van der Waals surface area contributed by atoms with Gasteiger partial charge in [0.1, 0.15) is 0 Å². The predicted octanol–water partition coefficient (Wildman–Crippen LogP) is 4.87. The van der Waals surface area contributed by atoms with E-state index in [2.05, 4.69) is 54.1 Å². The van der Waals surface area contributed by atoms with Gasteiger partial charge in [-0.15, -0.1) is 0 Å². The molecule has 1 aromatic carbocycles. The third-order valence-corrected chi connectivity index (χ3v) is 4.04. The second-order valence-corrected chi connectivity index (χ2v) is 5.58. The number of hydrogen-bond donors (Lipinski definition) is 0. The first kappa shape index (κ1) is 13.7. The van der Waals surface area contributed by atoms with Crippen molar-refractivity contribution in [2.75, 3.05) is 0 Å². The monoisotopic (exact) mass is 276 g/mol. The number of benzene rings is 1. The second-order valence-electron chi connectivity index (χ2n) is 5.58. The second kappa shape index (κ2) is 5.65. The van der Waals surface area contributed by atoms with Crippen LogP contribution in [0.4, 0.5) is 0 Å². The lowest BCUT2D eigenvalue weighted by atomic mass is 10.0. The molecule has 0 aliphatic rings. The Morgan fingerprint density at radius 3 is 2.67 bits per heavy atom. The lowest BCUT2D eigenvalue weighted by Crippen LogP contribution is -1.92. The molecule has 3 rings (SSSR count). The van der Waals surface area contributed by atoms with E-state index in [1.165, 1.54) is 22.1 Å². The standard InChI is InChI=1S/C19H20N2/c1-4-6-15-7-5-8-16(9-15)19-10-17-11-20-14(3)13(2)18(17)12-21-19/h5,7-12H,4,6H2,1-3H3. The zero-order valence-corrected chi connectivity index (χ0v) is 12.9. The van der Waals surface area contributed by atoms with Gasteiger partial charge in [-0.25, -0.2) is 0 Å². The van der Waals surface area contributed by atoms with Gasteiger partial charge in [-0.1, -0.05) is 31.5 Å². The van der Waals surface area contributed by atoms with E-state index in [0.717, 1.165) is 29.6 Å². The van der Waals surface area contributed by atoms with Crippen molar-refractivity contribution in [3.63, 3.8) is 0 Å². The smallest absolute Gasteiger partial charge is 0.0709 e. The SMILES string of the molecule is CCCc1cccc(-c2cc3cnc(C)c(C)c3cn2)c1. The van der Waals surface area contributed by atoms with E-state index >= 15 is 0 Å². The van der Waals surface area contributed by atoms with E-state index in [-0.39, 0.29) is 0 Å². The van der Waals surface area contributed by atoms with Crippen LogP contribution in [0.1, 0.15) is 30.2 Å². The fraction of sp³-hybridized carbons (Fsp3) is 0.263. The van der Waals surface area contributed by atoms with Crippen LogP contribution in [-0.4, -0.2) is 9.97 Å². The van der Waals surface area contributed by atoms with Crippen molar-refractivity contribution in [2.24, 2.45) is 0 Å². The number of hydrogen-bond acceptors (Lipinski definition) is 2. The minimum atomic E-state index is 1.02. The summed E-state index contributed by atoms with van der Waals surface area (Å²) in [5, 5.41) is 2.35. The highest BCUT2D eigenvalue weighted by atomic mass is 14.7. The zero-order valence-electron chi connectivity index (χ0n) is 12.9. The fourth-order valence-electron chi connectivity index (χ4n) is 2.68. The first-order chi connectivity index (χ1) is 10.2. The van der Waals surface area contributed by atoms with Gasteiger partial charge in [-0.05, 0) is 43.5 Å². The molecule has 0 aliphatic carbocycles. The van der Waals surface area contributed by atoms with E-state index in [1.54, 1.807) is 0 Å².